The van der Waals surface area contributed by atoms with Crippen LogP contribution < -0.4 is 4.72 Å². The number of carbonyl (C=O) groups excluding carboxylic acids is 1. The van der Waals surface area contributed by atoms with Crippen molar-refractivity contribution in [2.24, 2.45) is 0 Å². The number of pyridine rings is 1. The predicted octanol–water partition coefficient (Wildman–Crippen LogP) is 2.79. The zero-order valence-electron chi connectivity index (χ0n) is 16.2. The monoisotopic (exact) mass is 389 g/mol. The van der Waals surface area contributed by atoms with Crippen molar-refractivity contribution in [3.8, 4) is 0 Å². The molecule has 1 aromatic heterocycles. The van der Waals surface area contributed by atoms with Gasteiger partial charge in [-0.15, -0.1) is 0 Å². The Morgan fingerprint density at radius 1 is 1.22 bits per heavy atom. The number of piperidine rings is 1. The Balaban J connectivity index is 1.71. The molecule has 7 heteroatoms. The average molecular weight is 390 g/mol. The maximum atomic E-state index is 13.0. The highest BCUT2D eigenvalue weighted by atomic mass is 32.2. The number of hydrogen-bond donors (Lipinski definition) is 1. The highest BCUT2D eigenvalue weighted by molar-refractivity contribution is 7.89. The van der Waals surface area contributed by atoms with Gasteiger partial charge in [-0.05, 0) is 51.3 Å². The molecule has 6 nitrogen and oxygen atoms in total. The van der Waals surface area contributed by atoms with E-state index in [0.29, 0.717) is 37.9 Å². The number of sulfonamides is 1. The van der Waals surface area contributed by atoms with Crippen LogP contribution in [0.2, 0.25) is 0 Å². The molecule has 0 spiro atoms. The molecule has 1 N–H and O–H groups in total. The summed E-state index contributed by atoms with van der Waals surface area (Å²) in [4.78, 5) is 19.4. The van der Waals surface area contributed by atoms with E-state index in [-0.39, 0.29) is 17.7 Å². The van der Waals surface area contributed by atoms with E-state index < -0.39 is 10.0 Å². The fourth-order valence-corrected chi connectivity index (χ4v) is 4.96. The third kappa shape index (κ3) is 4.65. The summed E-state index contributed by atoms with van der Waals surface area (Å²) >= 11 is 0. The van der Waals surface area contributed by atoms with Crippen molar-refractivity contribution in [3.05, 3.63) is 41.1 Å². The van der Waals surface area contributed by atoms with Gasteiger partial charge < -0.3 is 4.90 Å². The quantitative estimate of drug-likeness (QED) is 0.853. The van der Waals surface area contributed by atoms with Crippen molar-refractivity contribution in [1.82, 2.24) is 14.6 Å². The second kappa shape index (κ2) is 7.94. The summed E-state index contributed by atoms with van der Waals surface area (Å²) in [5.74, 6) is 0.117. The van der Waals surface area contributed by atoms with Crippen molar-refractivity contribution < 1.29 is 13.2 Å². The van der Waals surface area contributed by atoms with E-state index in [2.05, 4.69) is 9.71 Å². The lowest BCUT2D eigenvalue weighted by Crippen LogP contribution is -2.47. The molecule has 1 aliphatic heterocycles. The number of benzene rings is 1. The fraction of sp³-hybridized carbons (Fsp3) is 0.500. The van der Waals surface area contributed by atoms with Gasteiger partial charge in [-0.25, -0.2) is 13.1 Å². The smallest absolute Gasteiger partial charge is 0.255 e. The van der Waals surface area contributed by atoms with Gasteiger partial charge in [0.05, 0.1) is 22.5 Å². The summed E-state index contributed by atoms with van der Waals surface area (Å²) in [5, 5.41) is 0.964. The van der Waals surface area contributed by atoms with E-state index >= 15 is 0 Å². The van der Waals surface area contributed by atoms with Crippen LogP contribution in [0.5, 0.6) is 0 Å². The van der Waals surface area contributed by atoms with Crippen LogP contribution in [0.3, 0.4) is 0 Å². The summed E-state index contributed by atoms with van der Waals surface area (Å²) < 4.78 is 26.6. The first-order chi connectivity index (χ1) is 12.8. The Morgan fingerprint density at radius 2 is 1.93 bits per heavy atom. The zero-order chi connectivity index (χ0) is 19.6. The largest absolute Gasteiger partial charge is 0.338 e. The van der Waals surface area contributed by atoms with Gasteiger partial charge in [-0.2, -0.15) is 0 Å². The Labute approximate surface area is 161 Å². The lowest BCUT2D eigenvalue weighted by atomic mass is 10.0. The molecule has 2 aromatic rings. The van der Waals surface area contributed by atoms with E-state index in [1.54, 1.807) is 4.90 Å². The number of nitrogens with zero attached hydrogens (tertiary/aromatic N) is 2. The number of amides is 1. The highest BCUT2D eigenvalue weighted by Crippen LogP contribution is 2.21. The Hall–Kier alpha value is -1.99. The van der Waals surface area contributed by atoms with E-state index in [9.17, 15) is 13.2 Å². The van der Waals surface area contributed by atoms with Crippen LogP contribution in [0, 0.1) is 13.8 Å². The van der Waals surface area contributed by atoms with Gasteiger partial charge in [-0.1, -0.05) is 18.6 Å². The number of likely N-dealkylation sites (tertiary alicyclic amines) is 1. The van der Waals surface area contributed by atoms with E-state index in [1.165, 1.54) is 0 Å². The highest BCUT2D eigenvalue weighted by Gasteiger charge is 2.27. The maximum absolute atomic E-state index is 13.0. The van der Waals surface area contributed by atoms with Gasteiger partial charge in [-0.3, -0.25) is 9.78 Å². The van der Waals surface area contributed by atoms with Crippen molar-refractivity contribution in [2.75, 3.05) is 18.8 Å². The molecule has 1 aromatic carbocycles. The van der Waals surface area contributed by atoms with Gasteiger partial charge in [0.2, 0.25) is 10.0 Å². The molecular weight excluding hydrogens is 362 g/mol. The molecule has 0 bridgehead atoms. The first-order valence-corrected chi connectivity index (χ1v) is 11.1. The van der Waals surface area contributed by atoms with Crippen LogP contribution in [0.25, 0.3) is 10.9 Å². The minimum atomic E-state index is -3.22. The number of aryl methyl sites for hydroxylation is 2. The third-order valence-electron chi connectivity index (χ3n) is 4.99. The minimum absolute atomic E-state index is 0.0294. The topological polar surface area (TPSA) is 79.4 Å². The van der Waals surface area contributed by atoms with Crippen LogP contribution in [0.4, 0.5) is 0 Å². The minimum Gasteiger partial charge on any atom is -0.338 e. The zero-order valence-corrected chi connectivity index (χ0v) is 17.0. The SMILES string of the molecule is CCCS(=O)(=O)NC1CCN(C(=O)c2cc3cc(C)ccc3nc2C)CC1. The molecule has 0 atom stereocenters. The van der Waals surface area contributed by atoms with Gasteiger partial charge in [0.1, 0.15) is 0 Å². The molecule has 0 aliphatic carbocycles. The molecular formula is C20H27N3O3S. The molecule has 27 heavy (non-hydrogen) atoms. The second-order valence-corrected chi connectivity index (χ2v) is 9.19. The molecule has 0 saturated carbocycles. The molecule has 1 amide bonds. The molecule has 0 unspecified atom stereocenters. The summed E-state index contributed by atoms with van der Waals surface area (Å²) in [6.07, 6.45) is 1.86. The van der Waals surface area contributed by atoms with Crippen LogP contribution in [-0.2, 0) is 10.0 Å². The van der Waals surface area contributed by atoms with Gasteiger partial charge in [0.25, 0.3) is 5.91 Å². The standard InChI is InChI=1S/C20H27N3O3S/c1-4-11-27(25,26)22-17-7-9-23(10-8-17)20(24)18-13-16-12-14(2)5-6-19(16)21-15(18)3/h5-6,12-13,17,22H,4,7-11H2,1-3H3. The van der Waals surface area contributed by atoms with E-state index in [0.717, 1.165) is 22.2 Å². The lowest BCUT2D eigenvalue weighted by Gasteiger charge is -2.32. The van der Waals surface area contributed by atoms with Crippen molar-refractivity contribution >= 4 is 26.8 Å². The van der Waals surface area contributed by atoms with Crippen LogP contribution in [0.1, 0.15) is 47.8 Å². The molecule has 1 fully saturated rings. The average Bonchev–Trinajstić information content (AvgIpc) is 2.61. The summed E-state index contributed by atoms with van der Waals surface area (Å²) in [5.41, 5.74) is 3.37. The predicted molar refractivity (Wildman–Crippen MR) is 107 cm³/mol. The molecule has 1 aliphatic rings. The van der Waals surface area contributed by atoms with Gasteiger partial charge >= 0.3 is 0 Å². The molecule has 0 radical (unpaired) electrons. The van der Waals surface area contributed by atoms with Crippen LogP contribution in [-0.4, -0.2) is 49.1 Å². The number of hydrogen-bond acceptors (Lipinski definition) is 4. The van der Waals surface area contributed by atoms with Gasteiger partial charge in [0, 0.05) is 24.5 Å². The van der Waals surface area contributed by atoms with Crippen molar-refractivity contribution in [1.29, 1.82) is 0 Å². The first kappa shape index (κ1) is 19.8. The van der Waals surface area contributed by atoms with Crippen molar-refractivity contribution in [3.63, 3.8) is 0 Å². The van der Waals surface area contributed by atoms with Crippen molar-refractivity contribution in [2.45, 2.75) is 46.1 Å². The number of nitrogens with one attached hydrogen (secondary N) is 1. The number of carbonyl (C=O) groups is 1. The van der Waals surface area contributed by atoms with E-state index in [4.69, 9.17) is 0 Å². The molecule has 146 valence electrons. The normalized spacial score (nSPS) is 16.0. The molecule has 3 rings (SSSR count). The summed E-state index contributed by atoms with van der Waals surface area (Å²) in [6.45, 7) is 6.82. The fourth-order valence-electron chi connectivity index (χ4n) is 3.56. The van der Waals surface area contributed by atoms with Crippen LogP contribution in [0.15, 0.2) is 24.3 Å². The Kier molecular flexibility index (Phi) is 5.81. The van der Waals surface area contributed by atoms with Crippen LogP contribution >= 0.6 is 0 Å². The molecule has 1 saturated heterocycles. The maximum Gasteiger partial charge on any atom is 0.255 e. The third-order valence-corrected chi connectivity index (χ3v) is 6.63. The number of rotatable bonds is 5. The lowest BCUT2D eigenvalue weighted by molar-refractivity contribution is 0.0710. The summed E-state index contributed by atoms with van der Waals surface area (Å²) in [6, 6.07) is 7.85. The Bertz CT molecular complexity index is 948. The van der Waals surface area contributed by atoms with E-state index in [1.807, 2.05) is 45.0 Å². The summed E-state index contributed by atoms with van der Waals surface area (Å²) in [7, 11) is -3.22. The van der Waals surface area contributed by atoms with Gasteiger partial charge in [0.15, 0.2) is 0 Å². The Morgan fingerprint density at radius 3 is 2.59 bits per heavy atom. The number of aromatic nitrogens is 1. The first-order valence-electron chi connectivity index (χ1n) is 9.46. The second-order valence-electron chi connectivity index (χ2n) is 7.32. The molecule has 2 heterocycles. The number of fused-ring (bicyclic) bond motifs is 1.